The number of halogens is 1. The van der Waals surface area contributed by atoms with E-state index in [9.17, 15) is 9.59 Å². The molecular formula is C21H25ClN2O3. The Hall–Kier alpha value is -2.40. The minimum Gasteiger partial charge on any atom is -0.461 e. The van der Waals surface area contributed by atoms with Crippen molar-refractivity contribution in [3.63, 3.8) is 0 Å². The van der Waals surface area contributed by atoms with Gasteiger partial charge in [-0.25, -0.2) is 4.79 Å². The molecule has 0 aliphatic carbocycles. The molecule has 0 spiro atoms. The summed E-state index contributed by atoms with van der Waals surface area (Å²) < 4.78 is 5.51. The molecule has 0 saturated carbocycles. The van der Waals surface area contributed by atoms with Gasteiger partial charge in [0.15, 0.2) is 5.78 Å². The van der Waals surface area contributed by atoms with Crippen molar-refractivity contribution in [1.29, 1.82) is 0 Å². The van der Waals surface area contributed by atoms with Crippen molar-refractivity contribution in [2.75, 3.05) is 5.32 Å². The first-order chi connectivity index (χ1) is 12.7. The van der Waals surface area contributed by atoms with Crippen molar-refractivity contribution in [2.45, 2.75) is 45.8 Å². The molecule has 27 heavy (non-hydrogen) atoms. The predicted octanol–water partition coefficient (Wildman–Crippen LogP) is 4.77. The van der Waals surface area contributed by atoms with E-state index in [1.165, 1.54) is 0 Å². The monoisotopic (exact) mass is 388 g/mol. The summed E-state index contributed by atoms with van der Waals surface area (Å²) in [6.07, 6.45) is 1.17. The molecule has 2 aromatic rings. The summed E-state index contributed by atoms with van der Waals surface area (Å²) >= 11 is 6.09. The van der Waals surface area contributed by atoms with Crippen LogP contribution in [0.1, 0.15) is 44.6 Å². The molecule has 0 bridgehead atoms. The molecule has 1 N–H and O–H groups in total. The van der Waals surface area contributed by atoms with Crippen LogP contribution in [0.4, 0.5) is 5.69 Å². The van der Waals surface area contributed by atoms with Crippen LogP contribution < -0.4 is 5.32 Å². The van der Waals surface area contributed by atoms with Gasteiger partial charge in [0.25, 0.3) is 0 Å². The Bertz CT molecular complexity index is 793. The smallest absolute Gasteiger partial charge is 0.332 e. The number of hydrogen-bond donors (Lipinski definition) is 1. The number of nitrogens with one attached hydrogen (secondary N) is 1. The second-order valence-corrected chi connectivity index (χ2v) is 7.47. The van der Waals surface area contributed by atoms with Crippen LogP contribution in [0.5, 0.6) is 0 Å². The summed E-state index contributed by atoms with van der Waals surface area (Å²) in [6.45, 7) is 7.32. The fraction of sp³-hybridized carbons (Fsp3) is 0.381. The highest BCUT2D eigenvalue weighted by molar-refractivity contribution is 6.30. The van der Waals surface area contributed by atoms with Crippen LogP contribution in [0, 0.1) is 5.92 Å². The Morgan fingerprint density at radius 3 is 2.44 bits per heavy atom. The summed E-state index contributed by atoms with van der Waals surface area (Å²) in [6, 6.07) is 12.2. The fourth-order valence-corrected chi connectivity index (χ4v) is 2.96. The number of pyridine rings is 1. The standard InChI is InChI=1S/C21H25ClN2O3/c1-14(2)21(20(26)27-15(3)4,24-17-9-7-8-16(22)12-17)13-19(25)18-10-5-6-11-23-18/h5-12,14-15,24H,13H2,1-4H3. The van der Waals surface area contributed by atoms with Gasteiger partial charge in [0.05, 0.1) is 6.10 Å². The Morgan fingerprint density at radius 1 is 1.15 bits per heavy atom. The van der Waals surface area contributed by atoms with Crippen molar-refractivity contribution in [2.24, 2.45) is 5.92 Å². The van der Waals surface area contributed by atoms with Gasteiger partial charge in [-0.2, -0.15) is 0 Å². The molecule has 1 unspecified atom stereocenters. The maximum atomic E-state index is 13.1. The van der Waals surface area contributed by atoms with Gasteiger partial charge in [-0.05, 0) is 50.1 Å². The van der Waals surface area contributed by atoms with Gasteiger partial charge in [-0.15, -0.1) is 0 Å². The number of benzene rings is 1. The second-order valence-electron chi connectivity index (χ2n) is 7.03. The Morgan fingerprint density at radius 2 is 1.89 bits per heavy atom. The van der Waals surface area contributed by atoms with Crippen molar-refractivity contribution >= 4 is 29.0 Å². The molecular weight excluding hydrogens is 364 g/mol. The summed E-state index contributed by atoms with van der Waals surface area (Å²) in [5, 5.41) is 3.76. The average Bonchev–Trinajstić information content (AvgIpc) is 2.61. The van der Waals surface area contributed by atoms with Crippen LogP contribution in [0.3, 0.4) is 0 Å². The summed E-state index contributed by atoms with van der Waals surface area (Å²) in [5.41, 5.74) is -0.290. The number of carbonyl (C=O) groups is 2. The number of aromatic nitrogens is 1. The zero-order valence-corrected chi connectivity index (χ0v) is 16.8. The normalized spacial score (nSPS) is 13.3. The first kappa shape index (κ1) is 20.9. The second kappa shape index (κ2) is 9.00. The molecule has 2 rings (SSSR count). The van der Waals surface area contributed by atoms with E-state index in [1.807, 2.05) is 13.8 Å². The molecule has 1 aromatic heterocycles. The minimum atomic E-state index is -1.25. The third-order valence-corrected chi connectivity index (χ3v) is 4.51. The third kappa shape index (κ3) is 5.30. The Kier molecular flexibility index (Phi) is 6.97. The fourth-order valence-electron chi connectivity index (χ4n) is 2.77. The molecule has 0 fully saturated rings. The van der Waals surface area contributed by atoms with E-state index in [2.05, 4.69) is 10.3 Å². The highest BCUT2D eigenvalue weighted by atomic mass is 35.5. The number of ether oxygens (including phenoxy) is 1. The van der Waals surface area contributed by atoms with Crippen molar-refractivity contribution in [3.8, 4) is 0 Å². The molecule has 1 atom stereocenters. The van der Waals surface area contributed by atoms with Crippen LogP contribution in [0.15, 0.2) is 48.7 Å². The molecule has 0 amide bonds. The SMILES string of the molecule is CC(C)OC(=O)C(CC(=O)c1ccccn1)(Nc1cccc(Cl)c1)C(C)C. The molecule has 1 heterocycles. The number of anilines is 1. The van der Waals surface area contributed by atoms with Crippen LogP contribution in [-0.2, 0) is 9.53 Å². The molecule has 5 nitrogen and oxygen atoms in total. The molecule has 0 aliphatic rings. The number of hydrogen-bond acceptors (Lipinski definition) is 5. The first-order valence-corrected chi connectivity index (χ1v) is 9.31. The van der Waals surface area contributed by atoms with Gasteiger partial charge in [-0.3, -0.25) is 9.78 Å². The number of Topliss-reactive ketones (excluding diaryl/α,β-unsaturated/α-hetero) is 1. The number of esters is 1. The maximum absolute atomic E-state index is 13.1. The molecule has 1 aromatic carbocycles. The van der Waals surface area contributed by atoms with E-state index < -0.39 is 11.5 Å². The maximum Gasteiger partial charge on any atom is 0.332 e. The molecule has 6 heteroatoms. The van der Waals surface area contributed by atoms with Gasteiger partial charge in [0.1, 0.15) is 11.2 Å². The van der Waals surface area contributed by atoms with Crippen molar-refractivity contribution in [1.82, 2.24) is 4.98 Å². The number of rotatable bonds is 8. The lowest BCUT2D eigenvalue weighted by molar-refractivity contribution is -0.154. The Balaban J connectivity index is 2.44. The van der Waals surface area contributed by atoms with Crippen molar-refractivity contribution in [3.05, 3.63) is 59.4 Å². The highest BCUT2D eigenvalue weighted by Crippen LogP contribution is 2.31. The van der Waals surface area contributed by atoms with Gasteiger partial charge < -0.3 is 10.1 Å². The third-order valence-electron chi connectivity index (χ3n) is 4.27. The van der Waals surface area contributed by atoms with Crippen LogP contribution >= 0.6 is 11.6 Å². The van der Waals surface area contributed by atoms with Crippen LogP contribution in [0.2, 0.25) is 5.02 Å². The minimum absolute atomic E-state index is 0.0836. The topological polar surface area (TPSA) is 68.3 Å². The average molecular weight is 389 g/mol. The molecule has 0 radical (unpaired) electrons. The lowest BCUT2D eigenvalue weighted by Crippen LogP contribution is -2.54. The summed E-state index contributed by atoms with van der Waals surface area (Å²) in [4.78, 5) is 30.1. The molecule has 0 saturated heterocycles. The largest absolute Gasteiger partial charge is 0.461 e. The van der Waals surface area contributed by atoms with E-state index in [1.54, 1.807) is 62.5 Å². The summed E-state index contributed by atoms with van der Waals surface area (Å²) in [7, 11) is 0. The van der Waals surface area contributed by atoms with Gasteiger partial charge in [-0.1, -0.05) is 37.6 Å². The lowest BCUT2D eigenvalue weighted by atomic mass is 9.80. The van der Waals surface area contributed by atoms with E-state index in [4.69, 9.17) is 16.3 Å². The summed E-state index contributed by atoms with van der Waals surface area (Å²) in [5.74, 6) is -0.938. The molecule has 0 aliphatic heterocycles. The number of ketones is 1. The van der Waals surface area contributed by atoms with Gasteiger partial charge >= 0.3 is 5.97 Å². The quantitative estimate of drug-likeness (QED) is 0.521. The Labute approximate surface area is 165 Å². The zero-order valence-electron chi connectivity index (χ0n) is 16.0. The van der Waals surface area contributed by atoms with Crippen LogP contribution in [-0.4, -0.2) is 28.4 Å². The molecule has 144 valence electrons. The van der Waals surface area contributed by atoms with E-state index >= 15 is 0 Å². The number of nitrogens with zero attached hydrogens (tertiary/aromatic N) is 1. The van der Waals surface area contributed by atoms with E-state index in [0.717, 1.165) is 0 Å². The lowest BCUT2D eigenvalue weighted by Gasteiger charge is -2.37. The first-order valence-electron chi connectivity index (χ1n) is 8.93. The predicted molar refractivity (Wildman–Crippen MR) is 107 cm³/mol. The highest BCUT2D eigenvalue weighted by Gasteiger charge is 2.45. The number of carbonyl (C=O) groups excluding carboxylic acids is 2. The van der Waals surface area contributed by atoms with Crippen LogP contribution in [0.25, 0.3) is 0 Å². The van der Waals surface area contributed by atoms with Gasteiger partial charge in [0, 0.05) is 23.3 Å². The van der Waals surface area contributed by atoms with E-state index in [-0.39, 0.29) is 24.2 Å². The van der Waals surface area contributed by atoms with E-state index in [0.29, 0.717) is 16.4 Å². The van der Waals surface area contributed by atoms with Crippen molar-refractivity contribution < 1.29 is 14.3 Å². The zero-order chi connectivity index (χ0) is 20.0. The van der Waals surface area contributed by atoms with Gasteiger partial charge in [0.2, 0.25) is 0 Å².